The first kappa shape index (κ1) is 20.5. The summed E-state index contributed by atoms with van der Waals surface area (Å²) in [7, 11) is 0. The van der Waals surface area contributed by atoms with Gasteiger partial charge in [-0.3, -0.25) is 4.79 Å². The molecule has 158 valence electrons. The van der Waals surface area contributed by atoms with Crippen LogP contribution < -0.4 is 5.56 Å². The van der Waals surface area contributed by atoms with Gasteiger partial charge in [0.25, 0.3) is 5.56 Å². The molecule has 0 saturated carbocycles. The Morgan fingerprint density at radius 3 is 2.77 bits per heavy atom. The van der Waals surface area contributed by atoms with Crippen molar-refractivity contribution in [3.05, 3.63) is 78.4 Å². The number of hydrogen-bond acceptors (Lipinski definition) is 4. The summed E-state index contributed by atoms with van der Waals surface area (Å²) in [5, 5.41) is 6.36. The van der Waals surface area contributed by atoms with E-state index in [0.717, 1.165) is 52.1 Å². The fourth-order valence-electron chi connectivity index (χ4n) is 4.30. The highest BCUT2D eigenvalue weighted by molar-refractivity contribution is 7.18. The van der Waals surface area contributed by atoms with Gasteiger partial charge >= 0.3 is 0 Å². The number of aromatic nitrogens is 3. The molecule has 0 amide bonds. The minimum atomic E-state index is -0.102. The van der Waals surface area contributed by atoms with Crippen molar-refractivity contribution in [2.24, 2.45) is 5.10 Å². The zero-order chi connectivity index (χ0) is 21.7. The van der Waals surface area contributed by atoms with Gasteiger partial charge in [-0.1, -0.05) is 23.2 Å². The van der Waals surface area contributed by atoms with E-state index >= 15 is 0 Å². The number of halogens is 2. The van der Waals surface area contributed by atoms with E-state index < -0.39 is 0 Å². The molecule has 1 aromatic carbocycles. The van der Waals surface area contributed by atoms with Crippen LogP contribution in [0.25, 0.3) is 15.9 Å². The first-order valence-corrected chi connectivity index (χ1v) is 11.7. The van der Waals surface area contributed by atoms with Gasteiger partial charge in [-0.15, -0.1) is 11.3 Å². The zero-order valence-electron chi connectivity index (χ0n) is 17.2. The summed E-state index contributed by atoms with van der Waals surface area (Å²) in [6.07, 6.45) is 7.51. The smallest absolute Gasteiger partial charge is 0.282 e. The molecule has 1 aliphatic carbocycles. The summed E-state index contributed by atoms with van der Waals surface area (Å²) in [5.74, 6) is 0. The quantitative estimate of drug-likeness (QED) is 0.348. The number of benzene rings is 1. The van der Waals surface area contributed by atoms with Crippen LogP contribution in [0.15, 0.2) is 40.5 Å². The molecule has 0 radical (unpaired) electrons. The van der Waals surface area contributed by atoms with Crippen molar-refractivity contribution in [1.82, 2.24) is 14.2 Å². The molecule has 8 heteroatoms. The standard InChI is InChI=1S/C23H20Cl2N4OS/c1-13-9-15(14(2)29(13)19-8-7-16(24)10-18(19)25)11-27-28-12-26-22-21(23(28)30)17-5-3-4-6-20(17)31-22/h7-12H,3-6H2,1-2H3. The molecule has 0 bridgehead atoms. The van der Waals surface area contributed by atoms with Gasteiger partial charge in [0.1, 0.15) is 11.2 Å². The van der Waals surface area contributed by atoms with E-state index in [1.165, 1.54) is 27.9 Å². The van der Waals surface area contributed by atoms with Gasteiger partial charge in [-0.05, 0) is 69.4 Å². The van der Waals surface area contributed by atoms with Gasteiger partial charge in [0.15, 0.2) is 0 Å². The topological polar surface area (TPSA) is 52.2 Å². The number of fused-ring (bicyclic) bond motifs is 3. The second kappa shape index (κ2) is 7.93. The van der Waals surface area contributed by atoms with Crippen LogP contribution in [-0.2, 0) is 12.8 Å². The van der Waals surface area contributed by atoms with Crippen LogP contribution in [0, 0.1) is 13.8 Å². The van der Waals surface area contributed by atoms with Crippen molar-refractivity contribution < 1.29 is 0 Å². The van der Waals surface area contributed by atoms with Gasteiger partial charge in [0.2, 0.25) is 0 Å². The molecule has 0 aliphatic heterocycles. The molecule has 0 fully saturated rings. The van der Waals surface area contributed by atoms with Crippen LogP contribution in [0.4, 0.5) is 0 Å². The number of rotatable bonds is 3. The zero-order valence-corrected chi connectivity index (χ0v) is 19.5. The third-order valence-electron chi connectivity index (χ3n) is 5.80. The molecule has 1 aliphatic rings. The lowest BCUT2D eigenvalue weighted by Gasteiger charge is -2.11. The summed E-state index contributed by atoms with van der Waals surface area (Å²) < 4.78 is 3.39. The van der Waals surface area contributed by atoms with Crippen molar-refractivity contribution >= 4 is 51.0 Å². The third kappa shape index (κ3) is 3.53. The monoisotopic (exact) mass is 470 g/mol. The Labute approximate surface area is 193 Å². The molecule has 0 atom stereocenters. The number of aryl methyl sites for hydroxylation is 3. The van der Waals surface area contributed by atoms with Crippen LogP contribution in [0.2, 0.25) is 10.0 Å². The number of nitrogens with zero attached hydrogens (tertiary/aromatic N) is 4. The molecule has 0 spiro atoms. The maximum absolute atomic E-state index is 13.1. The van der Waals surface area contributed by atoms with Crippen LogP contribution in [-0.4, -0.2) is 20.4 Å². The molecule has 3 heterocycles. The van der Waals surface area contributed by atoms with E-state index in [2.05, 4.69) is 14.7 Å². The summed E-state index contributed by atoms with van der Waals surface area (Å²) in [4.78, 5) is 19.7. The fraction of sp³-hybridized carbons (Fsp3) is 0.261. The Bertz CT molecular complexity index is 1410. The third-order valence-corrected chi connectivity index (χ3v) is 7.54. The molecule has 0 saturated heterocycles. The molecular formula is C23H20Cl2N4OS. The maximum atomic E-state index is 13.1. The SMILES string of the molecule is Cc1cc(C=Nn2cnc3sc4c(c3c2=O)CCCC4)c(C)n1-c1ccc(Cl)cc1Cl. The summed E-state index contributed by atoms with van der Waals surface area (Å²) in [6, 6.07) is 7.46. The van der Waals surface area contributed by atoms with E-state index in [4.69, 9.17) is 23.2 Å². The van der Waals surface area contributed by atoms with E-state index in [-0.39, 0.29) is 5.56 Å². The average Bonchev–Trinajstić information content (AvgIpc) is 3.25. The lowest BCUT2D eigenvalue weighted by molar-refractivity contribution is 0.699. The molecule has 5 rings (SSSR count). The predicted octanol–water partition coefficient (Wildman–Crippen LogP) is 5.93. The van der Waals surface area contributed by atoms with Crippen molar-refractivity contribution in [2.75, 3.05) is 0 Å². The van der Waals surface area contributed by atoms with Gasteiger partial charge in [-0.2, -0.15) is 9.78 Å². The first-order chi connectivity index (χ1) is 14.9. The summed E-state index contributed by atoms with van der Waals surface area (Å²) in [5.41, 5.74) is 4.81. The molecular weight excluding hydrogens is 451 g/mol. The van der Waals surface area contributed by atoms with Gasteiger partial charge in [0.05, 0.1) is 22.3 Å². The van der Waals surface area contributed by atoms with Crippen molar-refractivity contribution in [3.63, 3.8) is 0 Å². The lowest BCUT2D eigenvalue weighted by Crippen LogP contribution is -2.18. The van der Waals surface area contributed by atoms with Gasteiger partial charge < -0.3 is 4.57 Å². The van der Waals surface area contributed by atoms with Crippen LogP contribution in [0.3, 0.4) is 0 Å². The normalized spacial score (nSPS) is 13.9. The lowest BCUT2D eigenvalue weighted by atomic mass is 9.97. The van der Waals surface area contributed by atoms with Crippen LogP contribution in [0.1, 0.15) is 40.2 Å². The minimum absolute atomic E-state index is 0.102. The highest BCUT2D eigenvalue weighted by Crippen LogP contribution is 2.33. The molecule has 4 aromatic rings. The largest absolute Gasteiger partial charge is 0.316 e. The second-order valence-corrected chi connectivity index (χ2v) is 9.71. The molecule has 0 N–H and O–H groups in total. The van der Waals surface area contributed by atoms with E-state index in [1.807, 2.05) is 32.0 Å². The minimum Gasteiger partial charge on any atom is -0.316 e. The Hall–Kier alpha value is -2.41. The van der Waals surface area contributed by atoms with E-state index in [1.54, 1.807) is 23.6 Å². The summed E-state index contributed by atoms with van der Waals surface area (Å²) >= 11 is 14.1. The van der Waals surface area contributed by atoms with Crippen LogP contribution >= 0.6 is 34.5 Å². The molecule has 3 aromatic heterocycles. The van der Waals surface area contributed by atoms with E-state index in [0.29, 0.717) is 10.0 Å². The van der Waals surface area contributed by atoms with Gasteiger partial charge in [-0.25, -0.2) is 4.98 Å². The Morgan fingerprint density at radius 2 is 1.97 bits per heavy atom. The predicted molar refractivity (Wildman–Crippen MR) is 129 cm³/mol. The van der Waals surface area contributed by atoms with E-state index in [9.17, 15) is 4.79 Å². The van der Waals surface area contributed by atoms with Crippen molar-refractivity contribution in [3.8, 4) is 5.69 Å². The van der Waals surface area contributed by atoms with Gasteiger partial charge in [0, 0.05) is 26.9 Å². The van der Waals surface area contributed by atoms with Crippen molar-refractivity contribution in [2.45, 2.75) is 39.5 Å². The molecule has 31 heavy (non-hydrogen) atoms. The highest BCUT2D eigenvalue weighted by atomic mass is 35.5. The Kier molecular flexibility index (Phi) is 5.24. The Morgan fingerprint density at radius 1 is 1.16 bits per heavy atom. The highest BCUT2D eigenvalue weighted by Gasteiger charge is 2.20. The number of hydrogen-bond donors (Lipinski definition) is 0. The molecule has 0 unspecified atom stereocenters. The fourth-order valence-corrected chi connectivity index (χ4v) is 6.01. The van der Waals surface area contributed by atoms with Crippen molar-refractivity contribution in [1.29, 1.82) is 0 Å². The van der Waals surface area contributed by atoms with Crippen LogP contribution in [0.5, 0.6) is 0 Å². The summed E-state index contributed by atoms with van der Waals surface area (Å²) in [6.45, 7) is 4.01. The first-order valence-electron chi connectivity index (χ1n) is 10.1. The second-order valence-electron chi connectivity index (χ2n) is 7.79. The Balaban J connectivity index is 1.55. The number of thiophene rings is 1. The molecule has 5 nitrogen and oxygen atoms in total. The maximum Gasteiger partial charge on any atom is 0.282 e. The average molecular weight is 471 g/mol.